The summed E-state index contributed by atoms with van der Waals surface area (Å²) in [5.74, 6) is -2.74. The molecular weight excluding hydrogens is 292 g/mol. The highest BCUT2D eigenvalue weighted by molar-refractivity contribution is 5.98. The van der Waals surface area contributed by atoms with Crippen LogP contribution in [0.15, 0.2) is 30.5 Å². The molecule has 0 saturated heterocycles. The third kappa shape index (κ3) is 2.78. The van der Waals surface area contributed by atoms with E-state index < -0.39 is 40.5 Å². The molecule has 0 atom stereocenters. The Labute approximate surface area is 115 Å². The first-order chi connectivity index (χ1) is 9.71. The average molecular weight is 300 g/mol. The van der Waals surface area contributed by atoms with Crippen molar-refractivity contribution in [2.45, 2.75) is 6.18 Å². The normalized spacial score (nSPS) is 11.4. The lowest BCUT2D eigenvalue weighted by molar-refractivity contribution is -0.140. The second-order valence-electron chi connectivity index (χ2n) is 4.11. The molecule has 8 heteroatoms. The zero-order valence-electron chi connectivity index (χ0n) is 10.3. The molecule has 0 bridgehead atoms. The Kier molecular flexibility index (Phi) is 3.54. The number of aromatic hydroxyl groups is 1. The Morgan fingerprint density at radius 3 is 2.24 bits per heavy atom. The van der Waals surface area contributed by atoms with E-state index in [1.54, 1.807) is 0 Å². The molecule has 0 spiro atoms. The number of hydrogen-bond donors (Lipinski definition) is 2. The molecule has 1 amide bonds. The van der Waals surface area contributed by atoms with Crippen molar-refractivity contribution in [2.24, 2.45) is 5.73 Å². The Morgan fingerprint density at radius 1 is 1.19 bits per heavy atom. The molecule has 1 heterocycles. The Hall–Kier alpha value is -2.64. The van der Waals surface area contributed by atoms with Crippen LogP contribution < -0.4 is 5.73 Å². The summed E-state index contributed by atoms with van der Waals surface area (Å²) < 4.78 is 51.8. The fourth-order valence-electron chi connectivity index (χ4n) is 1.79. The van der Waals surface area contributed by atoms with Crippen molar-refractivity contribution in [3.8, 4) is 16.9 Å². The SMILES string of the molecule is NC(=O)c1cnc(C(F)(F)F)c(-c2ccc(F)cc2)c1O. The maximum Gasteiger partial charge on any atom is 0.434 e. The summed E-state index contributed by atoms with van der Waals surface area (Å²) in [5, 5.41) is 9.89. The highest BCUT2D eigenvalue weighted by Gasteiger charge is 2.38. The molecule has 0 aliphatic rings. The van der Waals surface area contributed by atoms with Gasteiger partial charge >= 0.3 is 6.18 Å². The fourth-order valence-corrected chi connectivity index (χ4v) is 1.79. The van der Waals surface area contributed by atoms with Crippen LogP contribution in [0.25, 0.3) is 11.1 Å². The number of primary amides is 1. The quantitative estimate of drug-likeness (QED) is 0.837. The van der Waals surface area contributed by atoms with Gasteiger partial charge in [0.15, 0.2) is 5.69 Å². The zero-order chi connectivity index (χ0) is 15.8. The Bertz CT molecular complexity index is 697. The lowest BCUT2D eigenvalue weighted by atomic mass is 10.00. The van der Waals surface area contributed by atoms with Gasteiger partial charge in [0.25, 0.3) is 5.91 Å². The van der Waals surface area contributed by atoms with E-state index in [0.29, 0.717) is 6.20 Å². The van der Waals surface area contributed by atoms with E-state index in [-0.39, 0.29) is 5.56 Å². The lowest BCUT2D eigenvalue weighted by Gasteiger charge is -2.15. The third-order valence-corrected chi connectivity index (χ3v) is 2.72. The topological polar surface area (TPSA) is 76.2 Å². The highest BCUT2D eigenvalue weighted by Crippen LogP contribution is 2.41. The van der Waals surface area contributed by atoms with Crippen molar-refractivity contribution in [3.05, 3.63) is 47.5 Å². The molecule has 0 fully saturated rings. The van der Waals surface area contributed by atoms with E-state index >= 15 is 0 Å². The van der Waals surface area contributed by atoms with Gasteiger partial charge in [0.05, 0.1) is 11.1 Å². The second kappa shape index (κ2) is 5.04. The second-order valence-corrected chi connectivity index (χ2v) is 4.11. The number of carbonyl (C=O) groups excluding carboxylic acids is 1. The van der Waals surface area contributed by atoms with Gasteiger partial charge in [0.1, 0.15) is 11.6 Å². The first-order valence-electron chi connectivity index (χ1n) is 5.56. The standard InChI is InChI=1S/C13H8F4N2O2/c14-7-3-1-6(2-4-7)9-10(20)8(12(18)21)5-19-11(9)13(15,16)17/h1-5H,(H2,18,21)(H,19,20). The zero-order valence-corrected chi connectivity index (χ0v) is 10.3. The van der Waals surface area contributed by atoms with Crippen LogP contribution in [-0.2, 0) is 6.18 Å². The summed E-state index contributed by atoms with van der Waals surface area (Å²) in [7, 11) is 0. The highest BCUT2D eigenvalue weighted by atomic mass is 19.4. The summed E-state index contributed by atoms with van der Waals surface area (Å²) in [4.78, 5) is 14.3. The van der Waals surface area contributed by atoms with E-state index in [2.05, 4.69) is 4.98 Å². The van der Waals surface area contributed by atoms with Crippen molar-refractivity contribution in [1.29, 1.82) is 0 Å². The summed E-state index contributed by atoms with van der Waals surface area (Å²) in [6.07, 6.45) is -4.31. The molecule has 110 valence electrons. The van der Waals surface area contributed by atoms with Gasteiger partial charge in [-0.2, -0.15) is 13.2 Å². The van der Waals surface area contributed by atoms with Crippen molar-refractivity contribution >= 4 is 5.91 Å². The predicted molar refractivity (Wildman–Crippen MR) is 64.8 cm³/mol. The van der Waals surface area contributed by atoms with Gasteiger partial charge in [-0.15, -0.1) is 0 Å². The molecule has 0 unspecified atom stereocenters. The lowest BCUT2D eigenvalue weighted by Crippen LogP contribution is -2.16. The number of nitrogens with two attached hydrogens (primary N) is 1. The number of aromatic nitrogens is 1. The van der Waals surface area contributed by atoms with E-state index in [9.17, 15) is 27.5 Å². The van der Waals surface area contributed by atoms with Crippen LogP contribution in [0, 0.1) is 5.82 Å². The average Bonchev–Trinajstić information content (AvgIpc) is 2.38. The first kappa shape index (κ1) is 14.8. The van der Waals surface area contributed by atoms with Gasteiger partial charge in [-0.05, 0) is 17.7 Å². The molecule has 1 aromatic heterocycles. The molecule has 1 aromatic carbocycles. The van der Waals surface area contributed by atoms with Crippen LogP contribution >= 0.6 is 0 Å². The van der Waals surface area contributed by atoms with Crippen molar-refractivity contribution in [1.82, 2.24) is 4.98 Å². The molecule has 2 rings (SSSR count). The molecule has 0 aliphatic heterocycles. The van der Waals surface area contributed by atoms with E-state index in [1.165, 1.54) is 0 Å². The van der Waals surface area contributed by atoms with E-state index in [1.807, 2.05) is 0 Å². The third-order valence-electron chi connectivity index (χ3n) is 2.72. The number of hydrogen-bond acceptors (Lipinski definition) is 3. The van der Waals surface area contributed by atoms with Gasteiger partial charge < -0.3 is 10.8 Å². The van der Waals surface area contributed by atoms with Crippen molar-refractivity contribution in [3.63, 3.8) is 0 Å². The number of pyridine rings is 1. The summed E-state index contributed by atoms with van der Waals surface area (Å²) in [5.41, 5.74) is 2.15. The molecular formula is C13H8F4N2O2. The number of alkyl halides is 3. The minimum atomic E-state index is -4.86. The smallest absolute Gasteiger partial charge is 0.434 e. The molecule has 0 saturated carbocycles. The molecule has 0 aliphatic carbocycles. The first-order valence-corrected chi connectivity index (χ1v) is 5.56. The van der Waals surface area contributed by atoms with E-state index in [0.717, 1.165) is 24.3 Å². The fraction of sp³-hybridized carbons (Fsp3) is 0.0769. The van der Waals surface area contributed by atoms with E-state index in [4.69, 9.17) is 5.73 Å². The molecule has 21 heavy (non-hydrogen) atoms. The molecule has 4 nitrogen and oxygen atoms in total. The number of carbonyl (C=O) groups is 1. The van der Waals surface area contributed by atoms with Crippen LogP contribution in [0.4, 0.5) is 17.6 Å². The number of nitrogens with zero attached hydrogens (tertiary/aromatic N) is 1. The maximum absolute atomic E-state index is 13.0. The van der Waals surface area contributed by atoms with Crippen molar-refractivity contribution < 1.29 is 27.5 Å². The Balaban J connectivity index is 2.78. The number of benzene rings is 1. The van der Waals surface area contributed by atoms with Crippen LogP contribution in [0.5, 0.6) is 5.75 Å². The van der Waals surface area contributed by atoms with Crippen LogP contribution in [0.1, 0.15) is 16.1 Å². The van der Waals surface area contributed by atoms with Crippen LogP contribution in [-0.4, -0.2) is 16.0 Å². The number of rotatable bonds is 2. The van der Waals surface area contributed by atoms with Crippen LogP contribution in [0.2, 0.25) is 0 Å². The molecule has 0 radical (unpaired) electrons. The minimum Gasteiger partial charge on any atom is -0.506 e. The number of halogens is 4. The van der Waals surface area contributed by atoms with Gasteiger partial charge in [-0.3, -0.25) is 9.78 Å². The monoisotopic (exact) mass is 300 g/mol. The van der Waals surface area contributed by atoms with Gasteiger partial charge in [0, 0.05) is 6.20 Å². The summed E-state index contributed by atoms with van der Waals surface area (Å²) in [6.45, 7) is 0. The maximum atomic E-state index is 13.0. The van der Waals surface area contributed by atoms with Gasteiger partial charge in [0.2, 0.25) is 0 Å². The molecule has 2 aromatic rings. The van der Waals surface area contributed by atoms with Crippen LogP contribution in [0.3, 0.4) is 0 Å². The largest absolute Gasteiger partial charge is 0.506 e. The van der Waals surface area contributed by atoms with Gasteiger partial charge in [-0.1, -0.05) is 12.1 Å². The van der Waals surface area contributed by atoms with Crippen molar-refractivity contribution in [2.75, 3.05) is 0 Å². The Morgan fingerprint density at radius 2 is 1.76 bits per heavy atom. The predicted octanol–water partition coefficient (Wildman–Crippen LogP) is 2.71. The number of amides is 1. The van der Waals surface area contributed by atoms with Gasteiger partial charge in [-0.25, -0.2) is 4.39 Å². The molecule has 3 N–H and O–H groups in total. The summed E-state index contributed by atoms with van der Waals surface area (Å²) in [6, 6.07) is 3.91. The minimum absolute atomic E-state index is 0.142. The summed E-state index contributed by atoms with van der Waals surface area (Å²) >= 11 is 0.